The summed E-state index contributed by atoms with van der Waals surface area (Å²) < 4.78 is 16.6. The number of aliphatic imine (C=N–C) groups is 1. The van der Waals surface area contributed by atoms with Crippen molar-refractivity contribution in [2.75, 3.05) is 13.1 Å². The number of fused-ring (bicyclic) bond motifs is 1. The monoisotopic (exact) mass is 561 g/mol. The lowest BCUT2D eigenvalue weighted by Gasteiger charge is -2.30. The van der Waals surface area contributed by atoms with E-state index in [9.17, 15) is 14.7 Å². The van der Waals surface area contributed by atoms with Crippen LogP contribution in [0.15, 0.2) is 75.7 Å². The Hall–Kier alpha value is -3.98. The van der Waals surface area contributed by atoms with Crippen molar-refractivity contribution in [3.8, 4) is 0 Å². The summed E-state index contributed by atoms with van der Waals surface area (Å²) in [5, 5.41) is 11.3. The number of amidine groups is 1. The van der Waals surface area contributed by atoms with E-state index < -0.39 is 29.7 Å². The van der Waals surface area contributed by atoms with Gasteiger partial charge in [0.1, 0.15) is 29.7 Å². The van der Waals surface area contributed by atoms with Crippen molar-refractivity contribution in [3.63, 3.8) is 0 Å². The molecule has 1 amide bonds. The second-order valence-electron chi connectivity index (χ2n) is 11.3. The molecule has 218 valence electrons. The molecule has 4 rings (SSSR count). The van der Waals surface area contributed by atoms with Gasteiger partial charge in [-0.1, -0.05) is 54.1 Å². The number of carbonyl (C=O) groups excluding carboxylic acids is 2. The summed E-state index contributed by atoms with van der Waals surface area (Å²) in [6.45, 7) is 8.84. The Labute approximate surface area is 240 Å². The number of nitrogens with zero attached hydrogens (tertiary/aromatic N) is 3. The molecule has 0 saturated carbocycles. The second kappa shape index (κ2) is 13.6. The Kier molecular flexibility index (Phi) is 9.94. The van der Waals surface area contributed by atoms with Gasteiger partial charge in [-0.2, -0.15) is 4.99 Å². The van der Waals surface area contributed by atoms with Crippen molar-refractivity contribution >= 4 is 29.0 Å². The molecular formula is C32H39N3O6. The van der Waals surface area contributed by atoms with Crippen molar-refractivity contribution in [2.24, 2.45) is 10.9 Å². The molecule has 0 radical (unpaired) electrons. The van der Waals surface area contributed by atoms with Crippen molar-refractivity contribution in [3.05, 3.63) is 77.7 Å². The minimum atomic E-state index is -1.08. The van der Waals surface area contributed by atoms with Gasteiger partial charge in [-0.25, -0.2) is 9.78 Å². The molecule has 2 heterocycles. The first-order valence-corrected chi connectivity index (χ1v) is 14.0. The van der Waals surface area contributed by atoms with Crippen LogP contribution in [0.3, 0.4) is 0 Å². The molecule has 0 bridgehead atoms. The van der Waals surface area contributed by atoms with Crippen LogP contribution < -0.4 is 0 Å². The lowest BCUT2D eigenvalue weighted by atomic mass is 9.92. The fourth-order valence-corrected chi connectivity index (χ4v) is 4.68. The predicted molar refractivity (Wildman–Crippen MR) is 156 cm³/mol. The lowest BCUT2D eigenvalue weighted by Crippen LogP contribution is -2.35. The maximum absolute atomic E-state index is 12.8. The number of para-hydroxylation sites is 2. The summed E-state index contributed by atoms with van der Waals surface area (Å²) in [6.07, 6.45) is 2.47. The maximum atomic E-state index is 12.8. The topological polar surface area (TPSA) is 114 Å². The molecule has 1 aliphatic heterocycles. The number of amides is 1. The SMILES string of the molecule is CC(=NC(=O)OC(C)(C)C)N1CCC(=CC[C@H](CC(=O)OCc2ccccc2)C(O)c2nc3ccccc3o2)CC1. The Morgan fingerprint density at radius 1 is 1.10 bits per heavy atom. The minimum absolute atomic E-state index is 0.0181. The number of aliphatic hydroxyl groups excluding tert-OH is 1. The van der Waals surface area contributed by atoms with Gasteiger partial charge < -0.3 is 23.9 Å². The largest absolute Gasteiger partial charge is 0.461 e. The molecular weight excluding hydrogens is 522 g/mol. The lowest BCUT2D eigenvalue weighted by molar-refractivity contribution is -0.147. The standard InChI is InChI=1S/C32H39N3O6/c1-22(33-31(38)41-32(2,3)4)35-18-16-23(17-19-35)14-15-25(20-28(36)39-21-24-10-6-5-7-11-24)29(37)30-34-26-12-8-9-13-27(26)40-30/h5-14,25,29,37H,15-21H2,1-4H3/t25-,29?/m1/s1. The van der Waals surface area contributed by atoms with Crippen molar-refractivity contribution in [2.45, 2.75) is 71.7 Å². The van der Waals surface area contributed by atoms with E-state index in [1.165, 1.54) is 5.57 Å². The number of allylic oxidation sites excluding steroid dienone is 1. The van der Waals surface area contributed by atoms with Gasteiger partial charge in [0.15, 0.2) is 5.58 Å². The van der Waals surface area contributed by atoms with Crippen LogP contribution in [0.25, 0.3) is 11.1 Å². The molecule has 9 heteroatoms. The number of hydrogen-bond donors (Lipinski definition) is 1. The van der Waals surface area contributed by atoms with Gasteiger partial charge in [-0.3, -0.25) is 4.79 Å². The predicted octanol–water partition coefficient (Wildman–Crippen LogP) is 6.38. The van der Waals surface area contributed by atoms with Crippen LogP contribution >= 0.6 is 0 Å². The number of benzene rings is 2. The second-order valence-corrected chi connectivity index (χ2v) is 11.3. The maximum Gasteiger partial charge on any atom is 0.435 e. The van der Waals surface area contributed by atoms with Crippen LogP contribution in [0.1, 0.15) is 70.9 Å². The summed E-state index contributed by atoms with van der Waals surface area (Å²) in [5.41, 5.74) is 2.77. The van der Waals surface area contributed by atoms with Crippen LogP contribution in [-0.2, 0) is 20.9 Å². The number of rotatable bonds is 8. The van der Waals surface area contributed by atoms with Gasteiger partial charge in [0.2, 0.25) is 5.89 Å². The van der Waals surface area contributed by atoms with E-state index in [-0.39, 0.29) is 18.9 Å². The molecule has 41 heavy (non-hydrogen) atoms. The van der Waals surface area contributed by atoms with Crippen LogP contribution in [0.2, 0.25) is 0 Å². The first-order chi connectivity index (χ1) is 19.6. The number of aromatic nitrogens is 1. The van der Waals surface area contributed by atoms with Crippen LogP contribution in [0.5, 0.6) is 0 Å². The van der Waals surface area contributed by atoms with Crippen LogP contribution in [0.4, 0.5) is 4.79 Å². The van der Waals surface area contributed by atoms with Crippen LogP contribution in [0, 0.1) is 5.92 Å². The van der Waals surface area contributed by atoms with E-state index in [0.717, 1.165) is 18.4 Å². The number of hydrogen-bond acceptors (Lipinski definition) is 7. The van der Waals surface area contributed by atoms with Crippen molar-refractivity contribution < 1.29 is 28.6 Å². The molecule has 1 N–H and O–H groups in total. The van der Waals surface area contributed by atoms with Gasteiger partial charge in [0.25, 0.3) is 0 Å². The molecule has 3 aromatic rings. The number of esters is 1. The molecule has 2 aromatic carbocycles. The van der Waals surface area contributed by atoms with Gasteiger partial charge in [-0.15, -0.1) is 0 Å². The summed E-state index contributed by atoms with van der Waals surface area (Å²) in [7, 11) is 0. The summed E-state index contributed by atoms with van der Waals surface area (Å²) in [4.78, 5) is 35.5. The third kappa shape index (κ3) is 9.01. The fraction of sp³-hybridized carbons (Fsp3) is 0.438. The highest BCUT2D eigenvalue weighted by molar-refractivity contribution is 5.90. The first-order valence-electron chi connectivity index (χ1n) is 14.0. The highest BCUT2D eigenvalue weighted by atomic mass is 16.6. The van der Waals surface area contributed by atoms with Crippen LogP contribution in [-0.4, -0.2) is 51.6 Å². The van der Waals surface area contributed by atoms with E-state index in [0.29, 0.717) is 36.4 Å². The highest BCUT2D eigenvalue weighted by Gasteiger charge is 2.28. The fourth-order valence-electron chi connectivity index (χ4n) is 4.68. The molecule has 2 atom stereocenters. The molecule has 0 spiro atoms. The minimum Gasteiger partial charge on any atom is -0.461 e. The first kappa shape index (κ1) is 30.0. The third-order valence-electron chi connectivity index (χ3n) is 6.90. The molecule has 1 aliphatic rings. The third-order valence-corrected chi connectivity index (χ3v) is 6.90. The van der Waals surface area contributed by atoms with E-state index >= 15 is 0 Å². The molecule has 9 nitrogen and oxygen atoms in total. The van der Waals surface area contributed by atoms with Crippen molar-refractivity contribution in [1.29, 1.82) is 0 Å². The number of carbonyl (C=O) groups is 2. The number of piperidine rings is 1. The number of ether oxygens (including phenoxy) is 2. The zero-order valence-corrected chi connectivity index (χ0v) is 24.2. The highest BCUT2D eigenvalue weighted by Crippen LogP contribution is 2.31. The zero-order chi connectivity index (χ0) is 29.4. The van der Waals surface area contributed by atoms with Crippen molar-refractivity contribution in [1.82, 2.24) is 9.88 Å². The summed E-state index contributed by atoms with van der Waals surface area (Å²) in [5.74, 6) is -0.0541. The van der Waals surface area contributed by atoms with Gasteiger partial charge in [0.05, 0.1) is 6.42 Å². The van der Waals surface area contributed by atoms with Gasteiger partial charge in [-0.05, 0) is 64.7 Å². The Morgan fingerprint density at radius 3 is 2.46 bits per heavy atom. The molecule has 1 saturated heterocycles. The van der Waals surface area contributed by atoms with Gasteiger partial charge >= 0.3 is 12.1 Å². The Morgan fingerprint density at radius 2 is 1.78 bits per heavy atom. The molecule has 1 fully saturated rings. The van der Waals surface area contributed by atoms with E-state index in [1.807, 2.05) is 76.2 Å². The number of aliphatic hydroxyl groups is 1. The molecule has 1 aromatic heterocycles. The number of likely N-dealkylation sites (tertiary alicyclic amines) is 1. The smallest absolute Gasteiger partial charge is 0.435 e. The average molecular weight is 562 g/mol. The quantitative estimate of drug-likeness (QED) is 0.146. The summed E-state index contributed by atoms with van der Waals surface area (Å²) in [6, 6.07) is 16.8. The number of oxazole rings is 1. The van der Waals surface area contributed by atoms with E-state index in [2.05, 4.69) is 21.0 Å². The molecule has 1 unspecified atom stereocenters. The average Bonchev–Trinajstić information content (AvgIpc) is 3.38. The van der Waals surface area contributed by atoms with Gasteiger partial charge in [0, 0.05) is 19.0 Å². The summed E-state index contributed by atoms with van der Waals surface area (Å²) >= 11 is 0. The normalized spacial score (nSPS) is 15.9. The Balaban J connectivity index is 1.40. The molecule has 0 aliphatic carbocycles. The van der Waals surface area contributed by atoms with E-state index in [1.54, 1.807) is 6.07 Å². The van der Waals surface area contributed by atoms with E-state index in [4.69, 9.17) is 13.9 Å². The zero-order valence-electron chi connectivity index (χ0n) is 24.2. The Bertz CT molecular complexity index is 1350.